The van der Waals surface area contributed by atoms with Crippen LogP contribution in [0.25, 0.3) is 10.9 Å². The van der Waals surface area contributed by atoms with Gasteiger partial charge in [0.15, 0.2) is 0 Å². The Morgan fingerprint density at radius 2 is 2.07 bits per heavy atom. The molecule has 1 N–H and O–H groups in total. The first-order valence-electron chi connectivity index (χ1n) is 9.97. The van der Waals surface area contributed by atoms with Crippen LogP contribution in [0.3, 0.4) is 0 Å². The van der Waals surface area contributed by atoms with Gasteiger partial charge in [-0.25, -0.2) is 4.58 Å². The fourth-order valence-corrected chi connectivity index (χ4v) is 4.61. The topological polar surface area (TPSA) is 68.2 Å². The predicted molar refractivity (Wildman–Crippen MR) is 105 cm³/mol. The minimum Gasteiger partial charge on any atom is -0.857 e. The van der Waals surface area contributed by atoms with Crippen molar-refractivity contribution in [3.63, 3.8) is 0 Å². The molecule has 1 atom stereocenters. The van der Waals surface area contributed by atoms with Gasteiger partial charge in [-0.3, -0.25) is 4.79 Å². The Bertz CT molecular complexity index is 822. The van der Waals surface area contributed by atoms with E-state index in [1.54, 1.807) is 0 Å². The van der Waals surface area contributed by atoms with Gasteiger partial charge in [0.05, 0.1) is 7.11 Å². The number of unbranched alkanes of at least 4 members (excludes halogenated alkanes) is 1. The number of aromatic nitrogens is 1. The second-order valence-electron chi connectivity index (χ2n) is 7.31. The molecule has 0 radical (unpaired) electrons. The fourth-order valence-electron chi connectivity index (χ4n) is 4.61. The molecule has 0 saturated heterocycles. The van der Waals surface area contributed by atoms with Gasteiger partial charge in [0.2, 0.25) is 5.71 Å². The van der Waals surface area contributed by atoms with E-state index in [9.17, 15) is 4.79 Å². The van der Waals surface area contributed by atoms with E-state index in [0.717, 1.165) is 39.3 Å². The molecule has 0 bridgehead atoms. The highest BCUT2D eigenvalue weighted by Crippen LogP contribution is 2.32. The summed E-state index contributed by atoms with van der Waals surface area (Å²) in [6, 6.07) is 8.68. The highest BCUT2D eigenvalue weighted by atomic mass is 16.5. The lowest BCUT2D eigenvalue weighted by Gasteiger charge is -2.26. The number of methoxy groups -OCH3 is 1. The Morgan fingerprint density at radius 3 is 2.89 bits per heavy atom. The van der Waals surface area contributed by atoms with E-state index >= 15 is 0 Å². The van der Waals surface area contributed by atoms with Crippen LogP contribution in [-0.4, -0.2) is 48.5 Å². The number of hydrogen-bond acceptors (Lipinski definition) is 3. The molecule has 0 spiro atoms. The van der Waals surface area contributed by atoms with Crippen molar-refractivity contribution in [2.24, 2.45) is 5.92 Å². The molecule has 27 heavy (non-hydrogen) atoms. The molecule has 2 aromatic rings. The number of para-hydroxylation sites is 1. The van der Waals surface area contributed by atoms with E-state index in [-0.39, 0.29) is 5.97 Å². The number of hydrogen-bond donors (Lipinski definition) is 1. The van der Waals surface area contributed by atoms with Crippen LogP contribution in [0.15, 0.2) is 24.3 Å². The Morgan fingerprint density at radius 1 is 1.26 bits per heavy atom. The minimum absolute atomic E-state index is 0.0894. The third-order valence-corrected chi connectivity index (χ3v) is 5.82. The number of H-pyrrole nitrogens is 1. The lowest BCUT2D eigenvalue weighted by molar-refractivity contribution is -0.536. The molecule has 4 rings (SSSR count). The first-order chi connectivity index (χ1) is 13.3. The zero-order valence-corrected chi connectivity index (χ0v) is 16.4. The fraction of sp³-hybridized carbons (Fsp3) is 0.545. The summed E-state index contributed by atoms with van der Waals surface area (Å²) in [5.74, 6) is 0.520. The molecule has 1 aromatic carbocycles. The van der Waals surface area contributed by atoms with E-state index < -0.39 is 0 Å². The van der Waals surface area contributed by atoms with Crippen LogP contribution < -0.4 is 5.11 Å². The summed E-state index contributed by atoms with van der Waals surface area (Å²) in [5.41, 5.74) is 5.67. The summed E-state index contributed by atoms with van der Waals surface area (Å²) in [7, 11) is 2.22. The number of fused-ring (bicyclic) bond motifs is 4. The van der Waals surface area contributed by atoms with E-state index in [0.29, 0.717) is 12.3 Å². The standard InChI is InChI=1S/C21H26N2O2.CH3O/c1-25-19(24)11-5-2-7-15-8-6-13-23-14-12-17-16-9-3-4-10-18(16)22-20(17)21(15)23;1-2/h3-4,9-10,15H,2,5-8,11-14H2,1H3;1H3/q;-1/p+1. The van der Waals surface area contributed by atoms with Crippen molar-refractivity contribution in [2.45, 2.75) is 44.9 Å². The number of rotatable bonds is 5. The van der Waals surface area contributed by atoms with Gasteiger partial charge >= 0.3 is 5.97 Å². The van der Waals surface area contributed by atoms with Gasteiger partial charge in [0.1, 0.15) is 18.8 Å². The molecule has 2 aliphatic heterocycles. The number of nitrogens with one attached hydrogen (secondary N) is 1. The van der Waals surface area contributed by atoms with Gasteiger partial charge in [-0.2, -0.15) is 7.11 Å². The molecule has 0 aliphatic carbocycles. The molecular weight excluding hydrogens is 340 g/mol. The third kappa shape index (κ3) is 4.08. The van der Waals surface area contributed by atoms with Crippen LogP contribution in [-0.2, 0) is 16.0 Å². The molecule has 0 saturated carbocycles. The maximum absolute atomic E-state index is 11.3. The average Bonchev–Trinajstić information content (AvgIpc) is 3.11. The molecule has 0 fully saturated rings. The summed E-state index contributed by atoms with van der Waals surface area (Å²) >= 11 is 0. The van der Waals surface area contributed by atoms with Crippen LogP contribution in [0.5, 0.6) is 0 Å². The zero-order valence-electron chi connectivity index (χ0n) is 16.4. The van der Waals surface area contributed by atoms with Crippen LogP contribution in [0, 0.1) is 5.92 Å². The van der Waals surface area contributed by atoms with Crippen molar-refractivity contribution in [1.82, 2.24) is 4.98 Å². The molecule has 0 amide bonds. The van der Waals surface area contributed by atoms with Gasteiger partial charge in [-0.15, -0.1) is 0 Å². The summed E-state index contributed by atoms with van der Waals surface area (Å²) in [5, 5.41) is 9.64. The number of benzene rings is 1. The second kappa shape index (κ2) is 9.18. The van der Waals surface area contributed by atoms with Crippen molar-refractivity contribution >= 4 is 22.6 Å². The maximum Gasteiger partial charge on any atom is 0.305 e. The zero-order chi connectivity index (χ0) is 19.2. The lowest BCUT2D eigenvalue weighted by Crippen LogP contribution is -2.39. The summed E-state index contributed by atoms with van der Waals surface area (Å²) in [6.45, 7) is 2.33. The average molecular weight is 370 g/mol. The van der Waals surface area contributed by atoms with Gasteiger partial charge in [0.25, 0.3) is 0 Å². The number of ether oxygens (including phenoxy) is 1. The highest BCUT2D eigenvalue weighted by Gasteiger charge is 2.36. The number of carbonyl (C=O) groups excluding carboxylic acids is 1. The van der Waals surface area contributed by atoms with E-state index in [4.69, 9.17) is 9.84 Å². The summed E-state index contributed by atoms with van der Waals surface area (Å²) in [6.07, 6.45) is 7.40. The summed E-state index contributed by atoms with van der Waals surface area (Å²) < 4.78 is 7.35. The number of carbonyl (C=O) groups is 1. The van der Waals surface area contributed by atoms with Crippen LogP contribution >= 0.6 is 0 Å². The lowest BCUT2D eigenvalue weighted by atomic mass is 9.84. The quantitative estimate of drug-likeness (QED) is 0.500. The summed E-state index contributed by atoms with van der Waals surface area (Å²) in [4.78, 5) is 15.0. The van der Waals surface area contributed by atoms with Gasteiger partial charge in [-0.05, 0) is 30.9 Å². The first kappa shape index (κ1) is 19.6. The second-order valence-corrected chi connectivity index (χ2v) is 7.31. The number of esters is 1. The Balaban J connectivity index is 0.00000102. The molecule has 1 aromatic heterocycles. The monoisotopic (exact) mass is 370 g/mol. The van der Waals surface area contributed by atoms with Gasteiger partial charge < -0.3 is 14.8 Å². The van der Waals surface area contributed by atoms with Crippen LogP contribution in [0.2, 0.25) is 0 Å². The SMILES string of the molecule is COC(=O)CCCCC1CCC[N+]2=C1c1[nH]c3ccccc3c1CC2.C[O-]. The Kier molecular flexibility index (Phi) is 6.67. The highest BCUT2D eigenvalue weighted by molar-refractivity contribution is 6.04. The number of aromatic amines is 1. The number of nitrogens with zero attached hydrogens (tertiary/aromatic N) is 1. The first-order valence-corrected chi connectivity index (χ1v) is 9.97. The van der Waals surface area contributed by atoms with Crippen molar-refractivity contribution < 1.29 is 19.2 Å². The Labute approximate surface area is 161 Å². The van der Waals surface area contributed by atoms with Crippen molar-refractivity contribution in [2.75, 3.05) is 27.3 Å². The molecule has 5 nitrogen and oxygen atoms in total. The molecule has 146 valence electrons. The third-order valence-electron chi connectivity index (χ3n) is 5.82. The minimum atomic E-state index is -0.0894. The normalized spacial score (nSPS) is 18.4. The van der Waals surface area contributed by atoms with E-state index in [1.807, 2.05) is 0 Å². The van der Waals surface area contributed by atoms with Crippen molar-refractivity contribution in [3.05, 3.63) is 35.5 Å². The predicted octanol–water partition coefficient (Wildman–Crippen LogP) is 2.65. The van der Waals surface area contributed by atoms with Crippen LogP contribution in [0.4, 0.5) is 0 Å². The van der Waals surface area contributed by atoms with Crippen LogP contribution in [0.1, 0.15) is 49.8 Å². The Hall–Kier alpha value is -2.14. The van der Waals surface area contributed by atoms with Gasteiger partial charge in [-0.1, -0.05) is 24.6 Å². The maximum atomic E-state index is 11.3. The van der Waals surface area contributed by atoms with Crippen molar-refractivity contribution in [1.29, 1.82) is 0 Å². The van der Waals surface area contributed by atoms with E-state index in [2.05, 4.69) is 33.8 Å². The molecular formula is C22H30N2O3. The smallest absolute Gasteiger partial charge is 0.305 e. The largest absolute Gasteiger partial charge is 0.857 e. The van der Waals surface area contributed by atoms with Gasteiger partial charge in [0, 0.05) is 36.1 Å². The molecule has 3 heterocycles. The van der Waals surface area contributed by atoms with Crippen molar-refractivity contribution in [3.8, 4) is 0 Å². The molecule has 2 aliphatic rings. The molecule has 1 unspecified atom stereocenters. The molecule has 5 heteroatoms. The van der Waals surface area contributed by atoms with E-state index in [1.165, 1.54) is 54.4 Å².